The molecule has 0 amide bonds. The Hall–Kier alpha value is -1.76. The van der Waals surface area contributed by atoms with E-state index in [1.807, 2.05) is 0 Å². The molecule has 0 aliphatic heterocycles. The molecule has 0 bridgehead atoms. The van der Waals surface area contributed by atoms with Crippen LogP contribution in [0.25, 0.3) is 11.1 Å². The molecule has 0 aromatic heterocycles. The number of unbranched alkanes of at least 4 members (excludes halogenated alkanes) is 1. The van der Waals surface area contributed by atoms with E-state index < -0.39 is 0 Å². The van der Waals surface area contributed by atoms with Gasteiger partial charge in [0.15, 0.2) is 0 Å². The molecule has 1 heteroatoms. The summed E-state index contributed by atoms with van der Waals surface area (Å²) in [4.78, 5) is 2.59. The standard InChI is InChI=1S/C20H25N/c1-3-5-14-21(13-4-2)20-12-8-11-18-17-10-7-6-9-16(17)15-19(18)20/h6-12H,3-5,13-15H2,1-2H3. The number of rotatable bonds is 6. The van der Waals surface area contributed by atoms with E-state index in [-0.39, 0.29) is 0 Å². The zero-order chi connectivity index (χ0) is 14.7. The molecule has 0 spiro atoms. The molecule has 2 aromatic rings. The van der Waals surface area contributed by atoms with E-state index in [0.717, 1.165) is 13.0 Å². The molecule has 1 aliphatic carbocycles. The fraction of sp³-hybridized carbons (Fsp3) is 0.400. The zero-order valence-electron chi connectivity index (χ0n) is 13.2. The number of hydrogen-bond donors (Lipinski definition) is 0. The highest BCUT2D eigenvalue weighted by molar-refractivity contribution is 5.82. The quantitative estimate of drug-likeness (QED) is 0.594. The lowest BCUT2D eigenvalue weighted by Crippen LogP contribution is -2.26. The van der Waals surface area contributed by atoms with Gasteiger partial charge in [0, 0.05) is 25.2 Å². The summed E-state index contributed by atoms with van der Waals surface area (Å²) in [6.45, 7) is 6.89. The normalized spacial score (nSPS) is 12.1. The van der Waals surface area contributed by atoms with Gasteiger partial charge >= 0.3 is 0 Å². The van der Waals surface area contributed by atoms with Crippen LogP contribution in [-0.2, 0) is 6.42 Å². The fourth-order valence-electron chi connectivity index (χ4n) is 3.41. The zero-order valence-corrected chi connectivity index (χ0v) is 13.2. The molecule has 21 heavy (non-hydrogen) atoms. The summed E-state index contributed by atoms with van der Waals surface area (Å²) in [6.07, 6.45) is 4.83. The molecule has 1 nitrogen and oxygen atoms in total. The lowest BCUT2D eigenvalue weighted by Gasteiger charge is -2.26. The average molecular weight is 279 g/mol. The van der Waals surface area contributed by atoms with Crippen molar-refractivity contribution in [2.45, 2.75) is 39.5 Å². The van der Waals surface area contributed by atoms with Gasteiger partial charge in [0.1, 0.15) is 0 Å². The second-order valence-corrected chi connectivity index (χ2v) is 5.98. The van der Waals surface area contributed by atoms with Crippen LogP contribution in [0, 0.1) is 0 Å². The van der Waals surface area contributed by atoms with Crippen molar-refractivity contribution in [1.29, 1.82) is 0 Å². The van der Waals surface area contributed by atoms with Crippen LogP contribution < -0.4 is 4.90 Å². The van der Waals surface area contributed by atoms with Gasteiger partial charge in [-0.15, -0.1) is 0 Å². The van der Waals surface area contributed by atoms with Crippen LogP contribution in [0.15, 0.2) is 42.5 Å². The molecule has 0 radical (unpaired) electrons. The van der Waals surface area contributed by atoms with Gasteiger partial charge in [0.25, 0.3) is 0 Å². The second kappa shape index (κ2) is 6.34. The minimum atomic E-state index is 1.09. The van der Waals surface area contributed by atoms with E-state index in [0.29, 0.717) is 0 Å². The van der Waals surface area contributed by atoms with E-state index in [4.69, 9.17) is 0 Å². The predicted octanol–water partition coefficient (Wildman–Crippen LogP) is 5.27. The van der Waals surface area contributed by atoms with Crippen molar-refractivity contribution in [3.8, 4) is 11.1 Å². The minimum absolute atomic E-state index is 1.09. The molecule has 0 unspecified atom stereocenters. The van der Waals surface area contributed by atoms with E-state index >= 15 is 0 Å². The lowest BCUT2D eigenvalue weighted by molar-refractivity contribution is 0.702. The highest BCUT2D eigenvalue weighted by atomic mass is 15.1. The van der Waals surface area contributed by atoms with E-state index in [2.05, 4.69) is 61.2 Å². The molecular formula is C20H25N. The van der Waals surface area contributed by atoms with E-state index in [1.54, 1.807) is 0 Å². The molecule has 0 saturated carbocycles. The first-order valence-corrected chi connectivity index (χ1v) is 8.30. The Bertz CT molecular complexity index is 615. The third-order valence-corrected chi connectivity index (χ3v) is 4.44. The van der Waals surface area contributed by atoms with Crippen LogP contribution in [0.1, 0.15) is 44.2 Å². The number of nitrogens with zero attached hydrogens (tertiary/aromatic N) is 1. The number of fused-ring (bicyclic) bond motifs is 3. The summed E-state index contributed by atoms with van der Waals surface area (Å²) >= 11 is 0. The first-order chi connectivity index (χ1) is 10.3. The van der Waals surface area contributed by atoms with Crippen molar-refractivity contribution < 1.29 is 0 Å². The third-order valence-electron chi connectivity index (χ3n) is 4.44. The Kier molecular flexibility index (Phi) is 4.28. The van der Waals surface area contributed by atoms with E-state index in [9.17, 15) is 0 Å². The van der Waals surface area contributed by atoms with Gasteiger partial charge in [0.2, 0.25) is 0 Å². The van der Waals surface area contributed by atoms with Gasteiger partial charge in [0.05, 0.1) is 0 Å². The molecular weight excluding hydrogens is 254 g/mol. The van der Waals surface area contributed by atoms with Crippen LogP contribution in [0.4, 0.5) is 5.69 Å². The Labute approximate surface area is 128 Å². The van der Waals surface area contributed by atoms with Gasteiger partial charge in [-0.2, -0.15) is 0 Å². The summed E-state index contributed by atoms with van der Waals surface area (Å²) in [7, 11) is 0. The average Bonchev–Trinajstić information content (AvgIpc) is 2.90. The highest BCUT2D eigenvalue weighted by Crippen LogP contribution is 2.41. The molecule has 2 aromatic carbocycles. The van der Waals surface area contributed by atoms with Crippen LogP contribution in [0.2, 0.25) is 0 Å². The van der Waals surface area contributed by atoms with Crippen LogP contribution in [0.5, 0.6) is 0 Å². The summed E-state index contributed by atoms with van der Waals surface area (Å²) in [5.74, 6) is 0. The van der Waals surface area contributed by atoms with Gasteiger partial charge < -0.3 is 4.90 Å². The molecule has 3 rings (SSSR count). The van der Waals surface area contributed by atoms with E-state index in [1.165, 1.54) is 53.7 Å². The van der Waals surface area contributed by atoms with Gasteiger partial charge in [-0.3, -0.25) is 0 Å². The lowest BCUT2D eigenvalue weighted by atomic mass is 10.0. The van der Waals surface area contributed by atoms with Gasteiger partial charge in [-0.1, -0.05) is 56.7 Å². The van der Waals surface area contributed by atoms with Crippen molar-refractivity contribution >= 4 is 5.69 Å². The summed E-state index contributed by atoms with van der Waals surface area (Å²) in [6, 6.07) is 15.7. The molecule has 0 heterocycles. The van der Waals surface area contributed by atoms with Gasteiger partial charge in [-0.25, -0.2) is 0 Å². The molecule has 0 fully saturated rings. The van der Waals surface area contributed by atoms with Crippen molar-refractivity contribution in [2.75, 3.05) is 18.0 Å². The molecule has 0 atom stereocenters. The topological polar surface area (TPSA) is 3.24 Å². The molecule has 0 saturated heterocycles. The number of benzene rings is 2. The summed E-state index contributed by atoms with van der Waals surface area (Å²) < 4.78 is 0. The van der Waals surface area contributed by atoms with Crippen molar-refractivity contribution in [3.05, 3.63) is 53.6 Å². The Morgan fingerprint density at radius 2 is 1.67 bits per heavy atom. The predicted molar refractivity (Wildman–Crippen MR) is 92.1 cm³/mol. The molecule has 0 N–H and O–H groups in total. The molecule has 1 aliphatic rings. The second-order valence-electron chi connectivity index (χ2n) is 5.98. The van der Waals surface area contributed by atoms with Gasteiger partial charge in [-0.05, 0) is 41.2 Å². The van der Waals surface area contributed by atoms with Crippen molar-refractivity contribution in [3.63, 3.8) is 0 Å². The maximum Gasteiger partial charge on any atom is 0.0408 e. The third kappa shape index (κ3) is 2.70. The largest absolute Gasteiger partial charge is 0.371 e. The monoisotopic (exact) mass is 279 g/mol. The Morgan fingerprint density at radius 3 is 2.48 bits per heavy atom. The number of hydrogen-bond acceptors (Lipinski definition) is 1. The van der Waals surface area contributed by atoms with Crippen molar-refractivity contribution in [1.82, 2.24) is 0 Å². The minimum Gasteiger partial charge on any atom is -0.371 e. The number of anilines is 1. The van der Waals surface area contributed by atoms with Crippen LogP contribution >= 0.6 is 0 Å². The Morgan fingerprint density at radius 1 is 0.857 bits per heavy atom. The van der Waals surface area contributed by atoms with Crippen molar-refractivity contribution in [2.24, 2.45) is 0 Å². The fourth-order valence-corrected chi connectivity index (χ4v) is 3.41. The smallest absolute Gasteiger partial charge is 0.0408 e. The first-order valence-electron chi connectivity index (χ1n) is 8.30. The SMILES string of the molecule is CCCCN(CCC)c1cccc2c1Cc1ccccc1-2. The maximum absolute atomic E-state index is 2.59. The maximum atomic E-state index is 2.59. The van der Waals surface area contributed by atoms with Crippen LogP contribution in [0.3, 0.4) is 0 Å². The first kappa shape index (κ1) is 14.2. The summed E-state index contributed by atoms with van der Waals surface area (Å²) in [5.41, 5.74) is 7.34. The van der Waals surface area contributed by atoms with Crippen LogP contribution in [-0.4, -0.2) is 13.1 Å². The Balaban J connectivity index is 1.98. The molecule has 110 valence electrons. The summed E-state index contributed by atoms with van der Waals surface area (Å²) in [5, 5.41) is 0. The highest BCUT2D eigenvalue weighted by Gasteiger charge is 2.22.